The van der Waals surface area contributed by atoms with E-state index in [4.69, 9.17) is 10.5 Å². The van der Waals surface area contributed by atoms with E-state index in [9.17, 15) is 0 Å². The predicted octanol–water partition coefficient (Wildman–Crippen LogP) is 1.21. The zero-order valence-electron chi connectivity index (χ0n) is 6.50. The Kier molecular flexibility index (Phi) is 1.36. The first-order valence-electron chi connectivity index (χ1n) is 3.77. The third-order valence-corrected chi connectivity index (χ3v) is 1.92. The molecular formula is C9H11NO. The highest BCUT2D eigenvalue weighted by Gasteiger charge is 2.18. The van der Waals surface area contributed by atoms with Gasteiger partial charge in [0.25, 0.3) is 0 Å². The molecule has 58 valence electrons. The van der Waals surface area contributed by atoms with E-state index in [1.165, 1.54) is 11.1 Å². The van der Waals surface area contributed by atoms with Gasteiger partial charge < -0.3 is 4.74 Å². The molecule has 1 aromatic rings. The average Bonchev–Trinajstić information content (AvgIpc) is 2.27. The highest BCUT2D eigenvalue weighted by Crippen LogP contribution is 2.27. The van der Waals surface area contributed by atoms with Gasteiger partial charge in [0, 0.05) is 6.42 Å². The molecule has 0 amide bonds. The average molecular weight is 149 g/mol. The van der Waals surface area contributed by atoms with E-state index in [1.54, 1.807) is 0 Å². The first kappa shape index (κ1) is 6.68. The summed E-state index contributed by atoms with van der Waals surface area (Å²) >= 11 is 0. The molecular weight excluding hydrogens is 138 g/mol. The fourth-order valence-electron chi connectivity index (χ4n) is 1.40. The number of hydrogen-bond acceptors (Lipinski definition) is 2. The molecule has 1 aliphatic rings. The minimum Gasteiger partial charge on any atom is -0.475 e. The van der Waals surface area contributed by atoms with Crippen LogP contribution in [-0.4, -0.2) is 6.23 Å². The van der Waals surface area contributed by atoms with Gasteiger partial charge in [-0.3, -0.25) is 5.73 Å². The lowest BCUT2D eigenvalue weighted by atomic mass is 10.1. The lowest BCUT2D eigenvalue weighted by Crippen LogP contribution is -2.23. The molecule has 2 nitrogen and oxygen atoms in total. The molecule has 1 unspecified atom stereocenters. The maximum atomic E-state index is 5.61. The van der Waals surface area contributed by atoms with Crippen molar-refractivity contribution >= 4 is 0 Å². The van der Waals surface area contributed by atoms with E-state index in [-0.39, 0.29) is 6.23 Å². The van der Waals surface area contributed by atoms with Crippen molar-refractivity contribution in [2.24, 2.45) is 5.73 Å². The molecule has 0 aliphatic carbocycles. The van der Waals surface area contributed by atoms with Crippen molar-refractivity contribution in [3.05, 3.63) is 29.3 Å². The Hall–Kier alpha value is -1.02. The monoisotopic (exact) mass is 149 g/mol. The minimum absolute atomic E-state index is 0.133. The van der Waals surface area contributed by atoms with Crippen LogP contribution >= 0.6 is 0 Å². The third-order valence-electron chi connectivity index (χ3n) is 1.92. The summed E-state index contributed by atoms with van der Waals surface area (Å²) in [6.45, 7) is 2.07. The molecule has 2 heteroatoms. The van der Waals surface area contributed by atoms with Gasteiger partial charge >= 0.3 is 0 Å². The number of nitrogens with two attached hydrogens (primary N) is 1. The van der Waals surface area contributed by atoms with Crippen molar-refractivity contribution < 1.29 is 4.74 Å². The summed E-state index contributed by atoms with van der Waals surface area (Å²) in [5.41, 5.74) is 8.11. The maximum absolute atomic E-state index is 5.61. The van der Waals surface area contributed by atoms with E-state index in [2.05, 4.69) is 13.0 Å². The molecule has 0 saturated carbocycles. The van der Waals surface area contributed by atoms with Gasteiger partial charge in [-0.15, -0.1) is 0 Å². The highest BCUT2D eigenvalue weighted by molar-refractivity contribution is 5.39. The number of rotatable bonds is 0. The van der Waals surface area contributed by atoms with Crippen molar-refractivity contribution in [1.82, 2.24) is 0 Å². The van der Waals surface area contributed by atoms with Crippen LogP contribution in [0.1, 0.15) is 11.1 Å². The van der Waals surface area contributed by atoms with Gasteiger partial charge in [-0.05, 0) is 18.6 Å². The summed E-state index contributed by atoms with van der Waals surface area (Å²) in [7, 11) is 0. The second kappa shape index (κ2) is 2.24. The van der Waals surface area contributed by atoms with Crippen LogP contribution < -0.4 is 10.5 Å². The molecule has 0 spiro atoms. The van der Waals surface area contributed by atoms with Gasteiger partial charge in [0.2, 0.25) is 0 Å². The molecule has 0 aromatic heterocycles. The van der Waals surface area contributed by atoms with Crippen molar-refractivity contribution in [1.29, 1.82) is 0 Å². The third kappa shape index (κ3) is 1.10. The molecule has 2 N–H and O–H groups in total. The molecule has 1 heterocycles. The van der Waals surface area contributed by atoms with Crippen molar-refractivity contribution in [2.45, 2.75) is 19.6 Å². The normalized spacial score (nSPS) is 21.1. The molecule has 1 atom stereocenters. The van der Waals surface area contributed by atoms with Crippen LogP contribution in [0.15, 0.2) is 18.2 Å². The Labute approximate surface area is 66.0 Å². The van der Waals surface area contributed by atoms with Crippen molar-refractivity contribution in [3.63, 3.8) is 0 Å². The molecule has 1 aliphatic heterocycles. The van der Waals surface area contributed by atoms with E-state index < -0.39 is 0 Å². The van der Waals surface area contributed by atoms with E-state index >= 15 is 0 Å². The molecule has 0 radical (unpaired) electrons. The van der Waals surface area contributed by atoms with Gasteiger partial charge in [0.05, 0.1) is 0 Å². The Morgan fingerprint density at radius 2 is 2.36 bits per heavy atom. The maximum Gasteiger partial charge on any atom is 0.151 e. The SMILES string of the molecule is Cc1ccc2c(c1)CC(N)O2. The number of benzene rings is 1. The lowest BCUT2D eigenvalue weighted by Gasteiger charge is -2.01. The number of hydrogen-bond donors (Lipinski definition) is 1. The van der Waals surface area contributed by atoms with E-state index in [1.807, 2.05) is 12.1 Å². The number of aryl methyl sites for hydroxylation is 1. The van der Waals surface area contributed by atoms with Crippen LogP contribution in [-0.2, 0) is 6.42 Å². The molecule has 1 aromatic carbocycles. The van der Waals surface area contributed by atoms with Crippen LogP contribution in [0.2, 0.25) is 0 Å². The van der Waals surface area contributed by atoms with Gasteiger partial charge in [-0.1, -0.05) is 17.7 Å². The van der Waals surface area contributed by atoms with Gasteiger partial charge in [-0.2, -0.15) is 0 Å². The van der Waals surface area contributed by atoms with Gasteiger partial charge in [0.1, 0.15) is 5.75 Å². The summed E-state index contributed by atoms with van der Waals surface area (Å²) in [6, 6.07) is 6.15. The fraction of sp³-hybridized carbons (Fsp3) is 0.333. The lowest BCUT2D eigenvalue weighted by molar-refractivity contribution is 0.241. The topological polar surface area (TPSA) is 35.2 Å². The fourth-order valence-corrected chi connectivity index (χ4v) is 1.40. The quantitative estimate of drug-likeness (QED) is 0.601. The van der Waals surface area contributed by atoms with Crippen LogP contribution in [0.5, 0.6) is 5.75 Å². The Morgan fingerprint density at radius 1 is 1.55 bits per heavy atom. The Balaban J connectivity index is 2.43. The molecule has 11 heavy (non-hydrogen) atoms. The highest BCUT2D eigenvalue weighted by atomic mass is 16.5. The number of fused-ring (bicyclic) bond motifs is 1. The predicted molar refractivity (Wildman–Crippen MR) is 43.5 cm³/mol. The number of ether oxygens (including phenoxy) is 1. The zero-order valence-corrected chi connectivity index (χ0v) is 6.50. The van der Waals surface area contributed by atoms with Gasteiger partial charge in [-0.25, -0.2) is 0 Å². The first-order valence-corrected chi connectivity index (χ1v) is 3.77. The van der Waals surface area contributed by atoms with Crippen LogP contribution in [0.4, 0.5) is 0 Å². The molecule has 2 rings (SSSR count). The van der Waals surface area contributed by atoms with Crippen molar-refractivity contribution in [2.75, 3.05) is 0 Å². The summed E-state index contributed by atoms with van der Waals surface area (Å²) in [5, 5.41) is 0. The molecule has 0 fully saturated rings. The van der Waals surface area contributed by atoms with E-state index in [0.29, 0.717) is 0 Å². The molecule has 0 saturated heterocycles. The second-order valence-corrected chi connectivity index (χ2v) is 2.97. The van der Waals surface area contributed by atoms with E-state index in [0.717, 1.165) is 12.2 Å². The summed E-state index contributed by atoms with van der Waals surface area (Å²) in [5.74, 6) is 0.947. The standard InChI is InChI=1S/C9H11NO/c1-6-2-3-8-7(4-6)5-9(10)11-8/h2-4,9H,5,10H2,1H3. The summed E-state index contributed by atoms with van der Waals surface area (Å²) in [4.78, 5) is 0. The smallest absolute Gasteiger partial charge is 0.151 e. The van der Waals surface area contributed by atoms with Crippen LogP contribution in [0.25, 0.3) is 0 Å². The first-order chi connectivity index (χ1) is 5.25. The van der Waals surface area contributed by atoms with Crippen molar-refractivity contribution in [3.8, 4) is 5.75 Å². The Bertz CT molecular complexity index is 283. The summed E-state index contributed by atoms with van der Waals surface area (Å²) in [6.07, 6.45) is 0.712. The van der Waals surface area contributed by atoms with Crippen LogP contribution in [0.3, 0.4) is 0 Å². The zero-order chi connectivity index (χ0) is 7.84. The summed E-state index contributed by atoms with van der Waals surface area (Å²) < 4.78 is 5.34. The molecule has 0 bridgehead atoms. The van der Waals surface area contributed by atoms with Crippen LogP contribution in [0, 0.1) is 6.92 Å². The second-order valence-electron chi connectivity index (χ2n) is 2.97. The van der Waals surface area contributed by atoms with Gasteiger partial charge in [0.15, 0.2) is 6.23 Å². The minimum atomic E-state index is -0.133. The largest absolute Gasteiger partial charge is 0.475 e. The Morgan fingerprint density at radius 3 is 3.18 bits per heavy atom.